The molecule has 5 heteroatoms. The molecular formula is C6H3AlF2O2. The number of hydrogen-bond donors (Lipinski definition) is 0. The van der Waals surface area contributed by atoms with Crippen LogP contribution >= 0.6 is 0 Å². The molecule has 0 bridgehead atoms. The second-order valence-corrected chi connectivity index (χ2v) is 2.22. The van der Waals surface area contributed by atoms with E-state index >= 15 is 0 Å². The summed E-state index contributed by atoms with van der Waals surface area (Å²) in [7, 11) is 0. The average Bonchev–Trinajstić information content (AvgIpc) is 1.98. The Morgan fingerprint density at radius 1 is 1.36 bits per heavy atom. The minimum atomic E-state index is -1.55. The van der Waals surface area contributed by atoms with Crippen molar-refractivity contribution in [1.82, 2.24) is 0 Å². The summed E-state index contributed by atoms with van der Waals surface area (Å²) in [5.41, 5.74) is 0. The van der Waals surface area contributed by atoms with Crippen molar-refractivity contribution in [3.05, 3.63) is 29.8 Å². The molecule has 0 saturated heterocycles. The van der Waals surface area contributed by atoms with E-state index in [1.54, 1.807) is 0 Å². The first kappa shape index (κ1) is 8.31. The summed E-state index contributed by atoms with van der Waals surface area (Å²) < 4.78 is 39.1. The van der Waals surface area contributed by atoms with E-state index in [0.29, 0.717) is 0 Å². The molecule has 0 N–H and O–H groups in total. The first-order valence-corrected chi connectivity index (χ1v) is 3.73. The molecule has 0 heterocycles. The molecule has 2 nitrogen and oxygen atoms in total. The topological polar surface area (TPSA) is 26.3 Å². The van der Waals surface area contributed by atoms with Crippen molar-refractivity contribution in [2.75, 3.05) is 0 Å². The maximum absolute atomic E-state index is 12.5. The van der Waals surface area contributed by atoms with Crippen LogP contribution < -0.4 is 3.79 Å². The summed E-state index contributed by atoms with van der Waals surface area (Å²) in [6.07, 6.45) is 0. The van der Waals surface area contributed by atoms with Gasteiger partial charge in [-0.2, -0.15) is 0 Å². The standard InChI is InChI=1S/C6H4F2O.Al.O/c7-4-1-2-5(8)6(9)3-4;;/h1-3,9H;;/q;+1;/p-1. The molecule has 0 radical (unpaired) electrons. The van der Waals surface area contributed by atoms with Gasteiger partial charge in [0.2, 0.25) is 0 Å². The summed E-state index contributed by atoms with van der Waals surface area (Å²) in [6, 6.07) is 2.72. The molecule has 1 aromatic rings. The molecule has 0 atom stereocenters. The van der Waals surface area contributed by atoms with Crippen LogP contribution in [0.3, 0.4) is 0 Å². The molecule has 0 aliphatic carbocycles. The van der Waals surface area contributed by atoms with Gasteiger partial charge in [-0.1, -0.05) is 0 Å². The third-order valence-electron chi connectivity index (χ3n) is 1.07. The van der Waals surface area contributed by atoms with Crippen LogP contribution in [-0.2, 0) is 3.80 Å². The molecule has 0 saturated carbocycles. The molecule has 0 aliphatic heterocycles. The van der Waals surface area contributed by atoms with Crippen molar-refractivity contribution in [2.24, 2.45) is 0 Å². The summed E-state index contributed by atoms with van der Waals surface area (Å²) >= 11 is -1.55. The second kappa shape index (κ2) is 3.56. The van der Waals surface area contributed by atoms with Crippen LogP contribution in [0.4, 0.5) is 8.78 Å². The van der Waals surface area contributed by atoms with E-state index in [1.165, 1.54) is 0 Å². The van der Waals surface area contributed by atoms with E-state index in [2.05, 4.69) is 3.79 Å². The van der Waals surface area contributed by atoms with Crippen LogP contribution in [-0.4, -0.2) is 15.5 Å². The summed E-state index contributed by atoms with van der Waals surface area (Å²) in [5, 5.41) is 0. The third kappa shape index (κ3) is 2.07. The van der Waals surface area contributed by atoms with Crippen LogP contribution in [0.2, 0.25) is 0 Å². The van der Waals surface area contributed by atoms with Gasteiger partial charge in [-0.3, -0.25) is 0 Å². The SMILES string of the molecule is [O]=[Al][O]c1cc(F)ccc1F. The summed E-state index contributed by atoms with van der Waals surface area (Å²) in [5.74, 6) is -1.64. The summed E-state index contributed by atoms with van der Waals surface area (Å²) in [6.45, 7) is 0. The minimum absolute atomic E-state index is 0.310. The monoisotopic (exact) mass is 172 g/mol. The van der Waals surface area contributed by atoms with Crippen LogP contribution in [0.15, 0.2) is 18.2 Å². The predicted molar refractivity (Wildman–Crippen MR) is 33.4 cm³/mol. The zero-order chi connectivity index (χ0) is 8.27. The van der Waals surface area contributed by atoms with Gasteiger partial charge in [-0.25, -0.2) is 0 Å². The molecule has 11 heavy (non-hydrogen) atoms. The van der Waals surface area contributed by atoms with Crippen molar-refractivity contribution in [1.29, 1.82) is 0 Å². The molecule has 0 aromatic heterocycles. The van der Waals surface area contributed by atoms with E-state index in [0.717, 1.165) is 18.2 Å². The Bertz CT molecular complexity index is 277. The van der Waals surface area contributed by atoms with Gasteiger partial charge in [0.1, 0.15) is 0 Å². The van der Waals surface area contributed by atoms with Crippen LogP contribution in [0.25, 0.3) is 0 Å². The predicted octanol–water partition coefficient (Wildman–Crippen LogP) is 1.31. The molecule has 0 amide bonds. The van der Waals surface area contributed by atoms with E-state index in [4.69, 9.17) is 0 Å². The first-order chi connectivity index (χ1) is 5.24. The number of rotatable bonds is 2. The fraction of sp³-hybridized carbons (Fsp3) is 0. The van der Waals surface area contributed by atoms with Crippen molar-refractivity contribution in [2.45, 2.75) is 0 Å². The van der Waals surface area contributed by atoms with E-state index in [1.807, 2.05) is 0 Å². The Labute approximate surface area is 68.0 Å². The molecule has 1 rings (SSSR count). The number of benzene rings is 1. The molecule has 0 aliphatic rings. The van der Waals surface area contributed by atoms with Gasteiger partial charge in [-0.05, 0) is 0 Å². The molecule has 0 spiro atoms. The molecule has 1 aromatic carbocycles. The van der Waals surface area contributed by atoms with Gasteiger partial charge >= 0.3 is 67.4 Å². The van der Waals surface area contributed by atoms with Crippen molar-refractivity contribution >= 4 is 15.5 Å². The van der Waals surface area contributed by atoms with Crippen LogP contribution in [0.1, 0.15) is 0 Å². The van der Waals surface area contributed by atoms with Gasteiger partial charge in [-0.15, -0.1) is 0 Å². The Hall–Kier alpha value is -0.788. The fourth-order valence-electron chi connectivity index (χ4n) is 0.619. The zero-order valence-electron chi connectivity index (χ0n) is 5.38. The molecule has 0 unspecified atom stereocenters. The molecule has 56 valence electrons. The van der Waals surface area contributed by atoms with E-state index < -0.39 is 27.1 Å². The third-order valence-corrected chi connectivity index (χ3v) is 1.42. The van der Waals surface area contributed by atoms with Crippen molar-refractivity contribution in [3.63, 3.8) is 0 Å². The number of hydrogen-bond acceptors (Lipinski definition) is 2. The van der Waals surface area contributed by atoms with Crippen LogP contribution in [0, 0.1) is 11.6 Å². The van der Waals surface area contributed by atoms with Crippen molar-refractivity contribution < 1.29 is 16.4 Å². The quantitative estimate of drug-likeness (QED) is 0.628. The molecule has 0 fully saturated rings. The average molecular weight is 172 g/mol. The van der Waals surface area contributed by atoms with Gasteiger partial charge in [0.15, 0.2) is 0 Å². The van der Waals surface area contributed by atoms with Crippen LogP contribution in [0.5, 0.6) is 5.75 Å². The summed E-state index contributed by atoms with van der Waals surface area (Å²) in [4.78, 5) is 0. The van der Waals surface area contributed by atoms with E-state index in [9.17, 15) is 12.6 Å². The van der Waals surface area contributed by atoms with Gasteiger partial charge < -0.3 is 0 Å². The zero-order valence-corrected chi connectivity index (χ0v) is 6.54. The Morgan fingerprint density at radius 3 is 2.73 bits per heavy atom. The van der Waals surface area contributed by atoms with Gasteiger partial charge in [0.05, 0.1) is 0 Å². The normalized spacial score (nSPS) is 8.91. The fourth-order valence-corrected chi connectivity index (χ4v) is 0.904. The Balaban J connectivity index is 3.01. The Kier molecular flexibility index (Phi) is 2.69. The van der Waals surface area contributed by atoms with Crippen molar-refractivity contribution in [3.8, 4) is 5.75 Å². The van der Waals surface area contributed by atoms with Gasteiger partial charge in [0, 0.05) is 0 Å². The first-order valence-electron chi connectivity index (χ1n) is 2.79. The van der Waals surface area contributed by atoms with E-state index in [-0.39, 0.29) is 5.75 Å². The second-order valence-electron chi connectivity index (χ2n) is 1.79. The maximum atomic E-state index is 12.5. The number of halogens is 2. The molecular weight excluding hydrogens is 169 g/mol. The van der Waals surface area contributed by atoms with Gasteiger partial charge in [0.25, 0.3) is 0 Å². The Morgan fingerprint density at radius 2 is 2.09 bits per heavy atom.